The van der Waals surface area contributed by atoms with Crippen LogP contribution in [0.25, 0.3) is 0 Å². The van der Waals surface area contributed by atoms with Crippen LogP contribution in [0.4, 0.5) is 0 Å². The molecule has 0 saturated carbocycles. The molecular weight excluding hydrogens is 310 g/mol. The van der Waals surface area contributed by atoms with Gasteiger partial charge in [-0.05, 0) is 12.8 Å². The highest BCUT2D eigenvalue weighted by Crippen LogP contribution is 2.31. The smallest absolute Gasteiger partial charge is 0.302 e. The van der Waals surface area contributed by atoms with Crippen molar-refractivity contribution in [2.45, 2.75) is 26.2 Å². The molecule has 1 aliphatic rings. The molecule has 0 radical (unpaired) electrons. The number of nitrogens with one attached hydrogen (secondary N) is 1. The first-order chi connectivity index (χ1) is 10.2. The third kappa shape index (κ3) is 5.76. The molecule has 22 heavy (non-hydrogen) atoms. The first kappa shape index (κ1) is 18.6. The van der Waals surface area contributed by atoms with E-state index in [0.29, 0.717) is 12.8 Å². The Bertz CT molecular complexity index is 526. The first-order valence-electron chi connectivity index (χ1n) is 7.10. The molecule has 1 heterocycles. The van der Waals surface area contributed by atoms with E-state index in [1.807, 2.05) is 0 Å². The molecule has 1 aliphatic heterocycles. The van der Waals surface area contributed by atoms with Gasteiger partial charge in [0.25, 0.3) is 0 Å². The predicted molar refractivity (Wildman–Crippen MR) is 80.8 cm³/mol. The number of aliphatic hydroxyl groups excluding tert-OH is 1. The Labute approximate surface area is 130 Å². The van der Waals surface area contributed by atoms with Gasteiger partial charge in [-0.3, -0.25) is 9.59 Å². The van der Waals surface area contributed by atoms with Crippen molar-refractivity contribution in [1.29, 1.82) is 0 Å². The van der Waals surface area contributed by atoms with E-state index in [1.165, 1.54) is 6.92 Å². The number of rotatable bonds is 7. The number of amides is 1. The first-order valence-corrected chi connectivity index (χ1v) is 8.92. The van der Waals surface area contributed by atoms with E-state index in [1.54, 1.807) is 0 Å². The lowest BCUT2D eigenvalue weighted by Crippen LogP contribution is -2.45. The molecule has 2 N–H and O–H groups in total. The van der Waals surface area contributed by atoms with Gasteiger partial charge in [-0.15, -0.1) is 0 Å². The highest BCUT2D eigenvalue weighted by molar-refractivity contribution is 7.91. The molecule has 0 aliphatic carbocycles. The topological polar surface area (TPSA) is 110 Å². The molecule has 0 aromatic rings. The van der Waals surface area contributed by atoms with Gasteiger partial charge in [0, 0.05) is 30.9 Å². The maximum atomic E-state index is 11.9. The fourth-order valence-corrected chi connectivity index (χ4v) is 3.88. The Morgan fingerprint density at radius 2 is 1.91 bits per heavy atom. The number of carbonyl (C=O) groups is 2. The maximum absolute atomic E-state index is 11.9. The second kappa shape index (κ2) is 7.73. The minimum Gasteiger partial charge on any atom is -0.466 e. The molecule has 7 nitrogen and oxygen atoms in total. The number of ether oxygens (including phenoxy) is 1. The minimum absolute atomic E-state index is 0.0246. The van der Waals surface area contributed by atoms with Crippen molar-refractivity contribution in [1.82, 2.24) is 5.32 Å². The molecule has 1 saturated heterocycles. The summed E-state index contributed by atoms with van der Waals surface area (Å²) in [6.07, 6.45) is 0.879. The summed E-state index contributed by atoms with van der Waals surface area (Å²) in [4.78, 5) is 22.5. The van der Waals surface area contributed by atoms with E-state index in [9.17, 15) is 23.1 Å². The summed E-state index contributed by atoms with van der Waals surface area (Å²) in [5, 5.41) is 12.2. The lowest BCUT2D eigenvalue weighted by molar-refractivity contribution is -0.141. The summed E-state index contributed by atoms with van der Waals surface area (Å²) in [5.41, 5.74) is -0.324. The van der Waals surface area contributed by atoms with Gasteiger partial charge >= 0.3 is 5.97 Å². The van der Waals surface area contributed by atoms with Crippen molar-refractivity contribution < 1.29 is 27.9 Å². The Balaban J connectivity index is 2.44. The Hall–Kier alpha value is -1.41. The second-order valence-electron chi connectivity index (χ2n) is 5.69. The van der Waals surface area contributed by atoms with Crippen molar-refractivity contribution in [2.24, 2.45) is 5.41 Å². The zero-order valence-corrected chi connectivity index (χ0v) is 13.6. The summed E-state index contributed by atoms with van der Waals surface area (Å²) in [6.45, 7) is 5.02. The van der Waals surface area contributed by atoms with E-state index < -0.39 is 21.2 Å². The van der Waals surface area contributed by atoms with E-state index in [0.717, 1.165) is 0 Å². The largest absolute Gasteiger partial charge is 0.466 e. The number of sulfone groups is 1. The Kier molecular flexibility index (Phi) is 6.55. The lowest BCUT2D eigenvalue weighted by Gasteiger charge is -2.35. The van der Waals surface area contributed by atoms with Crippen molar-refractivity contribution in [3.63, 3.8) is 0 Å². The molecule has 0 aromatic carbocycles. The van der Waals surface area contributed by atoms with E-state index >= 15 is 0 Å². The Morgan fingerprint density at radius 3 is 2.41 bits per heavy atom. The zero-order chi connectivity index (χ0) is 16.8. The normalized spacial score (nSPS) is 19.2. The highest BCUT2D eigenvalue weighted by atomic mass is 32.2. The molecular formula is C14H23NO6S. The average Bonchev–Trinajstić information content (AvgIpc) is 2.46. The summed E-state index contributed by atoms with van der Waals surface area (Å²) >= 11 is 0. The summed E-state index contributed by atoms with van der Waals surface area (Å²) < 4.78 is 27.6. The number of hydrogen-bond acceptors (Lipinski definition) is 6. The molecule has 0 spiro atoms. The molecule has 0 unspecified atom stereocenters. The standard InChI is InChI=1S/C14H23NO6S/c1-11(3-6-21-12(2)17)13(18)15-9-14(10-16)4-7-22(19,20)8-5-14/h16H,1,3-10H2,2H3,(H,15,18). The molecule has 1 fully saturated rings. The minimum atomic E-state index is -3.03. The van der Waals surface area contributed by atoms with Crippen LogP contribution in [0.3, 0.4) is 0 Å². The van der Waals surface area contributed by atoms with Gasteiger partial charge in [-0.25, -0.2) is 8.42 Å². The Morgan fingerprint density at radius 1 is 1.32 bits per heavy atom. The SMILES string of the molecule is C=C(CCOC(C)=O)C(=O)NCC1(CO)CCS(=O)(=O)CC1. The van der Waals surface area contributed by atoms with Crippen LogP contribution in [0.5, 0.6) is 0 Å². The summed E-state index contributed by atoms with van der Waals surface area (Å²) in [5.74, 6) is -0.752. The van der Waals surface area contributed by atoms with Crippen LogP contribution >= 0.6 is 0 Å². The van der Waals surface area contributed by atoms with Crippen LogP contribution in [0, 0.1) is 5.41 Å². The number of carbonyl (C=O) groups excluding carboxylic acids is 2. The third-order valence-electron chi connectivity index (χ3n) is 3.88. The summed E-state index contributed by atoms with van der Waals surface area (Å²) in [6, 6.07) is 0. The van der Waals surface area contributed by atoms with Crippen LogP contribution in [0.1, 0.15) is 26.2 Å². The molecule has 8 heteroatoms. The predicted octanol–water partition coefficient (Wildman–Crippen LogP) is -0.201. The van der Waals surface area contributed by atoms with Gasteiger partial charge in [-0.2, -0.15) is 0 Å². The summed E-state index contributed by atoms with van der Waals surface area (Å²) in [7, 11) is -3.03. The van der Waals surface area contributed by atoms with E-state index in [-0.39, 0.29) is 49.2 Å². The number of esters is 1. The molecule has 0 aromatic heterocycles. The van der Waals surface area contributed by atoms with Crippen LogP contribution in [0.2, 0.25) is 0 Å². The number of aliphatic hydroxyl groups is 1. The maximum Gasteiger partial charge on any atom is 0.302 e. The number of hydrogen-bond donors (Lipinski definition) is 2. The average molecular weight is 333 g/mol. The van der Waals surface area contributed by atoms with Crippen molar-refractivity contribution in [3.05, 3.63) is 12.2 Å². The van der Waals surface area contributed by atoms with E-state index in [4.69, 9.17) is 4.74 Å². The van der Waals surface area contributed by atoms with Crippen LogP contribution < -0.4 is 5.32 Å². The van der Waals surface area contributed by atoms with Gasteiger partial charge < -0.3 is 15.2 Å². The van der Waals surface area contributed by atoms with Crippen LogP contribution in [-0.4, -0.2) is 56.7 Å². The van der Waals surface area contributed by atoms with Crippen LogP contribution in [0.15, 0.2) is 12.2 Å². The van der Waals surface area contributed by atoms with Crippen molar-refractivity contribution >= 4 is 21.7 Å². The second-order valence-corrected chi connectivity index (χ2v) is 7.99. The van der Waals surface area contributed by atoms with E-state index in [2.05, 4.69) is 11.9 Å². The van der Waals surface area contributed by atoms with Gasteiger partial charge in [0.15, 0.2) is 0 Å². The monoisotopic (exact) mass is 333 g/mol. The van der Waals surface area contributed by atoms with Crippen LogP contribution in [-0.2, 0) is 24.2 Å². The van der Waals surface area contributed by atoms with Gasteiger partial charge in [0.05, 0.1) is 24.7 Å². The quantitative estimate of drug-likeness (QED) is 0.493. The van der Waals surface area contributed by atoms with Gasteiger partial charge in [0.1, 0.15) is 9.84 Å². The highest BCUT2D eigenvalue weighted by Gasteiger charge is 2.37. The fraction of sp³-hybridized carbons (Fsp3) is 0.714. The molecule has 126 valence electrons. The van der Waals surface area contributed by atoms with Crippen molar-refractivity contribution in [2.75, 3.05) is 31.3 Å². The zero-order valence-electron chi connectivity index (χ0n) is 12.8. The van der Waals surface area contributed by atoms with Crippen molar-refractivity contribution in [3.8, 4) is 0 Å². The third-order valence-corrected chi connectivity index (χ3v) is 5.53. The van der Waals surface area contributed by atoms with Gasteiger partial charge in [-0.1, -0.05) is 6.58 Å². The lowest BCUT2D eigenvalue weighted by atomic mass is 9.82. The molecule has 0 atom stereocenters. The fourth-order valence-electron chi connectivity index (χ4n) is 2.19. The molecule has 1 rings (SSSR count). The van der Waals surface area contributed by atoms with Gasteiger partial charge in [0.2, 0.25) is 5.91 Å². The molecule has 0 bridgehead atoms. The molecule has 1 amide bonds.